The van der Waals surface area contributed by atoms with Gasteiger partial charge < -0.3 is 10.2 Å². The molecule has 2 fully saturated rings. The summed E-state index contributed by atoms with van der Waals surface area (Å²) in [5, 5.41) is 2.91. The molecule has 1 spiro atoms. The Labute approximate surface area is 92.6 Å². The Morgan fingerprint density at radius 2 is 1.73 bits per heavy atom. The molecule has 0 aromatic rings. The Morgan fingerprint density at radius 1 is 1.20 bits per heavy atom. The maximum Gasteiger partial charge on any atom is 0.241 e. The molecule has 88 valence electrons. The van der Waals surface area contributed by atoms with E-state index in [-0.39, 0.29) is 11.4 Å². The molecule has 15 heavy (non-hydrogen) atoms. The highest BCUT2D eigenvalue weighted by molar-refractivity contribution is 5.88. The Balaban J connectivity index is 0.000000531. The van der Waals surface area contributed by atoms with Gasteiger partial charge in [-0.05, 0) is 26.9 Å². The molecule has 2 aliphatic rings. The molecular formula is C11H23N3O. The van der Waals surface area contributed by atoms with Gasteiger partial charge in [0.25, 0.3) is 0 Å². The first-order chi connectivity index (χ1) is 7.15. The highest BCUT2D eigenvalue weighted by Gasteiger charge is 2.47. The third-order valence-corrected chi connectivity index (χ3v) is 3.44. The minimum Gasteiger partial charge on any atom is -0.342 e. The highest BCUT2D eigenvalue weighted by Crippen LogP contribution is 2.30. The molecule has 4 nitrogen and oxygen atoms in total. The van der Waals surface area contributed by atoms with Crippen LogP contribution in [-0.4, -0.2) is 55.1 Å². The zero-order valence-electron chi connectivity index (χ0n) is 10.3. The van der Waals surface area contributed by atoms with Crippen molar-refractivity contribution >= 4 is 5.91 Å². The Morgan fingerprint density at radius 3 is 2.13 bits per heavy atom. The molecule has 0 bridgehead atoms. The topological polar surface area (TPSA) is 35.6 Å². The van der Waals surface area contributed by atoms with E-state index in [9.17, 15) is 4.79 Å². The first kappa shape index (κ1) is 12.5. The number of nitrogens with one attached hydrogen (secondary N) is 1. The number of hydrogen-bond acceptors (Lipinski definition) is 3. The fourth-order valence-corrected chi connectivity index (χ4v) is 2.28. The van der Waals surface area contributed by atoms with Crippen LogP contribution in [0.4, 0.5) is 0 Å². The summed E-state index contributed by atoms with van der Waals surface area (Å²) in [5.74, 6) is 0.225. The van der Waals surface area contributed by atoms with Crippen LogP contribution in [0.3, 0.4) is 0 Å². The van der Waals surface area contributed by atoms with Crippen LogP contribution in [-0.2, 0) is 4.79 Å². The second-order valence-corrected chi connectivity index (χ2v) is 4.20. The van der Waals surface area contributed by atoms with E-state index in [2.05, 4.69) is 22.2 Å². The standard InChI is InChI=1S/C9H17N3O.C2H6/c1-11-5-3-9(4-6-11)8(13)10-7-12(9)2;1-2/h3-7H2,1-2H3,(H,10,13);1-2H3. The molecule has 0 radical (unpaired) electrons. The predicted octanol–water partition coefficient (Wildman–Crippen LogP) is 0.496. The van der Waals surface area contributed by atoms with Crippen molar-refractivity contribution in [2.75, 3.05) is 33.9 Å². The number of rotatable bonds is 0. The molecule has 2 heterocycles. The largest absolute Gasteiger partial charge is 0.342 e. The summed E-state index contributed by atoms with van der Waals surface area (Å²) in [6.07, 6.45) is 1.93. The van der Waals surface area contributed by atoms with Crippen molar-refractivity contribution in [3.8, 4) is 0 Å². The molecular weight excluding hydrogens is 190 g/mol. The maximum atomic E-state index is 11.7. The summed E-state index contributed by atoms with van der Waals surface area (Å²) < 4.78 is 0. The fourth-order valence-electron chi connectivity index (χ4n) is 2.28. The summed E-state index contributed by atoms with van der Waals surface area (Å²) in [7, 11) is 4.14. The van der Waals surface area contributed by atoms with Crippen molar-refractivity contribution in [1.29, 1.82) is 0 Å². The average Bonchev–Trinajstić information content (AvgIpc) is 2.54. The van der Waals surface area contributed by atoms with Gasteiger partial charge in [0, 0.05) is 13.1 Å². The summed E-state index contributed by atoms with van der Waals surface area (Å²) in [6.45, 7) is 6.76. The Hall–Kier alpha value is -0.610. The molecule has 0 saturated carbocycles. The summed E-state index contributed by atoms with van der Waals surface area (Å²) in [4.78, 5) is 16.1. The van der Waals surface area contributed by atoms with E-state index >= 15 is 0 Å². The molecule has 0 aromatic carbocycles. The van der Waals surface area contributed by atoms with Crippen molar-refractivity contribution in [1.82, 2.24) is 15.1 Å². The number of hydrogen-bond donors (Lipinski definition) is 1. The average molecular weight is 213 g/mol. The number of likely N-dealkylation sites (tertiary alicyclic amines) is 1. The van der Waals surface area contributed by atoms with Gasteiger partial charge in [-0.3, -0.25) is 9.69 Å². The van der Waals surface area contributed by atoms with Gasteiger partial charge in [0.15, 0.2) is 0 Å². The van der Waals surface area contributed by atoms with E-state index in [1.54, 1.807) is 0 Å². The zero-order valence-corrected chi connectivity index (χ0v) is 10.3. The second-order valence-electron chi connectivity index (χ2n) is 4.20. The number of piperidine rings is 1. The monoisotopic (exact) mass is 213 g/mol. The van der Waals surface area contributed by atoms with Gasteiger partial charge in [-0.25, -0.2) is 0 Å². The summed E-state index contributed by atoms with van der Waals surface area (Å²) in [6, 6.07) is 0. The van der Waals surface area contributed by atoms with Crippen LogP contribution in [0, 0.1) is 0 Å². The highest BCUT2D eigenvalue weighted by atomic mass is 16.2. The summed E-state index contributed by atoms with van der Waals surface area (Å²) >= 11 is 0. The molecule has 2 aliphatic heterocycles. The third kappa shape index (κ3) is 2.16. The molecule has 0 aromatic heterocycles. The van der Waals surface area contributed by atoms with E-state index in [1.165, 1.54) is 0 Å². The molecule has 2 saturated heterocycles. The minimum absolute atomic E-state index is 0.188. The van der Waals surface area contributed by atoms with E-state index < -0.39 is 0 Å². The number of amides is 1. The first-order valence-electron chi connectivity index (χ1n) is 5.83. The quantitative estimate of drug-likeness (QED) is 0.636. The van der Waals surface area contributed by atoms with Crippen LogP contribution in [0.1, 0.15) is 26.7 Å². The number of nitrogens with zero attached hydrogens (tertiary/aromatic N) is 2. The van der Waals surface area contributed by atoms with Gasteiger partial charge in [-0.15, -0.1) is 0 Å². The lowest BCUT2D eigenvalue weighted by atomic mass is 9.87. The predicted molar refractivity (Wildman–Crippen MR) is 61.6 cm³/mol. The zero-order chi connectivity index (χ0) is 11.5. The molecule has 4 heteroatoms. The van der Waals surface area contributed by atoms with Crippen LogP contribution in [0.15, 0.2) is 0 Å². The van der Waals surface area contributed by atoms with E-state index in [0.29, 0.717) is 6.67 Å². The maximum absolute atomic E-state index is 11.7. The summed E-state index contributed by atoms with van der Waals surface area (Å²) in [5.41, 5.74) is -0.188. The Bertz CT molecular complexity index is 222. The number of carbonyl (C=O) groups excluding carboxylic acids is 1. The molecule has 0 atom stereocenters. The van der Waals surface area contributed by atoms with E-state index in [0.717, 1.165) is 25.9 Å². The van der Waals surface area contributed by atoms with Crippen molar-refractivity contribution in [2.45, 2.75) is 32.2 Å². The van der Waals surface area contributed by atoms with E-state index in [1.807, 2.05) is 20.9 Å². The van der Waals surface area contributed by atoms with Gasteiger partial charge in [0.2, 0.25) is 5.91 Å². The van der Waals surface area contributed by atoms with Crippen LogP contribution in [0.5, 0.6) is 0 Å². The van der Waals surface area contributed by atoms with Gasteiger partial charge in [-0.1, -0.05) is 13.8 Å². The van der Waals surface area contributed by atoms with E-state index in [4.69, 9.17) is 0 Å². The second kappa shape index (κ2) is 4.94. The number of carbonyl (C=O) groups is 1. The van der Waals surface area contributed by atoms with Gasteiger partial charge in [0.05, 0.1) is 6.67 Å². The minimum atomic E-state index is -0.188. The van der Waals surface area contributed by atoms with Crippen molar-refractivity contribution in [3.05, 3.63) is 0 Å². The van der Waals surface area contributed by atoms with Crippen molar-refractivity contribution in [2.24, 2.45) is 0 Å². The van der Waals surface area contributed by atoms with Crippen LogP contribution >= 0.6 is 0 Å². The first-order valence-corrected chi connectivity index (χ1v) is 5.83. The third-order valence-electron chi connectivity index (χ3n) is 3.44. The van der Waals surface area contributed by atoms with Crippen LogP contribution < -0.4 is 5.32 Å². The van der Waals surface area contributed by atoms with Gasteiger partial charge in [0.1, 0.15) is 5.54 Å². The molecule has 0 unspecified atom stereocenters. The molecule has 1 N–H and O–H groups in total. The van der Waals surface area contributed by atoms with Crippen LogP contribution in [0.25, 0.3) is 0 Å². The Kier molecular flexibility index (Phi) is 4.11. The fraction of sp³-hybridized carbons (Fsp3) is 0.909. The number of likely N-dealkylation sites (N-methyl/N-ethyl adjacent to an activating group) is 1. The molecule has 1 amide bonds. The van der Waals surface area contributed by atoms with Gasteiger partial charge >= 0.3 is 0 Å². The normalized spacial score (nSPS) is 26.0. The van der Waals surface area contributed by atoms with Gasteiger partial charge in [-0.2, -0.15) is 0 Å². The van der Waals surface area contributed by atoms with Crippen molar-refractivity contribution in [3.63, 3.8) is 0 Å². The lowest BCUT2D eigenvalue weighted by molar-refractivity contribution is -0.128. The molecule has 2 rings (SSSR count). The molecule has 0 aliphatic carbocycles. The SMILES string of the molecule is CC.CN1CCC2(CC1)C(=O)NCN2C. The van der Waals surface area contributed by atoms with Crippen molar-refractivity contribution < 1.29 is 4.79 Å². The lowest BCUT2D eigenvalue weighted by Gasteiger charge is -2.39. The van der Waals surface area contributed by atoms with Crippen LogP contribution in [0.2, 0.25) is 0 Å². The lowest BCUT2D eigenvalue weighted by Crippen LogP contribution is -2.54. The smallest absolute Gasteiger partial charge is 0.241 e.